The van der Waals surface area contributed by atoms with E-state index in [0.717, 1.165) is 55.9 Å². The molecular weight excluding hydrogens is 510 g/mol. The molecule has 0 atom stereocenters. The van der Waals surface area contributed by atoms with E-state index in [1.807, 2.05) is 18.2 Å². The lowest BCUT2D eigenvalue weighted by atomic mass is 9.97. The molecular formula is C27H30ClN5O3S. The van der Waals surface area contributed by atoms with Crippen LogP contribution in [0.1, 0.15) is 40.9 Å². The van der Waals surface area contributed by atoms with E-state index < -0.39 is 0 Å². The van der Waals surface area contributed by atoms with Gasteiger partial charge in [-0.05, 0) is 74.5 Å². The number of hydrogen-bond donors (Lipinski definition) is 2. The van der Waals surface area contributed by atoms with E-state index >= 15 is 0 Å². The number of thiazole rings is 1. The number of benzene rings is 1. The van der Waals surface area contributed by atoms with Crippen LogP contribution >= 0.6 is 22.9 Å². The van der Waals surface area contributed by atoms with Crippen LogP contribution in [0.5, 0.6) is 5.88 Å². The summed E-state index contributed by atoms with van der Waals surface area (Å²) in [7, 11) is 1.60. The predicted octanol–water partition coefficient (Wildman–Crippen LogP) is 4.86. The first kappa shape index (κ1) is 25.6. The van der Waals surface area contributed by atoms with E-state index in [1.165, 1.54) is 16.9 Å². The van der Waals surface area contributed by atoms with Crippen molar-refractivity contribution in [3.05, 3.63) is 58.1 Å². The Kier molecular flexibility index (Phi) is 8.02. The molecule has 3 heterocycles. The topological polar surface area (TPSA) is 96.5 Å². The Balaban J connectivity index is 1.20. The van der Waals surface area contributed by atoms with Crippen LogP contribution in [0.3, 0.4) is 0 Å². The smallest absolute Gasteiger partial charge is 0.266 e. The average Bonchev–Trinajstić information content (AvgIpc) is 3.69. The number of nitrogens with one attached hydrogen (secondary N) is 2. The van der Waals surface area contributed by atoms with E-state index in [4.69, 9.17) is 16.3 Å². The molecule has 2 amide bonds. The Morgan fingerprint density at radius 1 is 1.14 bits per heavy atom. The number of carbonyl (C=O) groups excluding carboxylic acids is 2. The number of rotatable bonds is 9. The van der Waals surface area contributed by atoms with Crippen LogP contribution in [-0.4, -0.2) is 53.4 Å². The van der Waals surface area contributed by atoms with Crippen LogP contribution in [-0.2, 0) is 11.3 Å². The Labute approximate surface area is 225 Å². The highest BCUT2D eigenvalue weighted by Gasteiger charge is 2.30. The van der Waals surface area contributed by atoms with Gasteiger partial charge in [0.2, 0.25) is 11.8 Å². The maximum absolute atomic E-state index is 12.6. The minimum Gasteiger partial charge on any atom is -0.476 e. The molecule has 2 N–H and O–H groups in total. The molecule has 1 aromatic carbocycles. The van der Waals surface area contributed by atoms with E-state index in [-0.39, 0.29) is 17.7 Å². The van der Waals surface area contributed by atoms with Gasteiger partial charge in [-0.15, -0.1) is 11.3 Å². The number of carbonyl (C=O) groups is 2. The van der Waals surface area contributed by atoms with Crippen molar-refractivity contribution in [2.45, 2.75) is 32.2 Å². The summed E-state index contributed by atoms with van der Waals surface area (Å²) < 4.78 is 6.12. The van der Waals surface area contributed by atoms with Gasteiger partial charge in [0.15, 0.2) is 4.88 Å². The van der Waals surface area contributed by atoms with Gasteiger partial charge in [0.1, 0.15) is 10.8 Å². The summed E-state index contributed by atoms with van der Waals surface area (Å²) in [5, 5.41) is 6.95. The largest absolute Gasteiger partial charge is 0.476 e. The molecule has 0 bridgehead atoms. The molecule has 37 heavy (non-hydrogen) atoms. The molecule has 2 aliphatic rings. The Morgan fingerprint density at radius 2 is 1.89 bits per heavy atom. The third kappa shape index (κ3) is 6.66. The molecule has 8 nitrogen and oxygen atoms in total. The summed E-state index contributed by atoms with van der Waals surface area (Å²) in [4.78, 5) is 36.5. The second-order valence-electron chi connectivity index (χ2n) is 9.58. The molecule has 2 aromatic heterocycles. The fourth-order valence-electron chi connectivity index (χ4n) is 4.35. The second-order valence-corrected chi connectivity index (χ2v) is 11.0. The molecule has 2 fully saturated rings. The SMILES string of the molecule is CNC(=O)c1sc(-c2ccnc(NC(=O)C3CC3)c2)nc1OCC1CCN(Cc2ccc(Cl)cc2)CC1. The quantitative estimate of drug-likeness (QED) is 0.403. The predicted molar refractivity (Wildman–Crippen MR) is 145 cm³/mol. The van der Waals surface area contributed by atoms with Gasteiger partial charge < -0.3 is 15.4 Å². The summed E-state index contributed by atoms with van der Waals surface area (Å²) >= 11 is 7.27. The van der Waals surface area contributed by atoms with Crippen LogP contribution in [0.25, 0.3) is 10.6 Å². The maximum Gasteiger partial charge on any atom is 0.266 e. The highest BCUT2D eigenvalue weighted by Crippen LogP contribution is 2.35. The van der Waals surface area contributed by atoms with Gasteiger partial charge in [0.05, 0.1) is 6.61 Å². The number of ether oxygens (including phenoxy) is 1. The minimum absolute atomic E-state index is 0.00178. The molecule has 194 valence electrons. The molecule has 3 aromatic rings. The fraction of sp³-hybridized carbons (Fsp3) is 0.407. The molecule has 0 unspecified atom stereocenters. The first-order valence-corrected chi connectivity index (χ1v) is 13.8. The van der Waals surface area contributed by atoms with Gasteiger partial charge in [0.25, 0.3) is 5.91 Å². The summed E-state index contributed by atoms with van der Waals surface area (Å²) in [6.45, 7) is 3.41. The maximum atomic E-state index is 12.6. The van der Waals surface area contributed by atoms with Gasteiger partial charge in [-0.1, -0.05) is 23.7 Å². The number of anilines is 1. The number of hydrogen-bond acceptors (Lipinski definition) is 7. The number of pyridine rings is 1. The fourth-order valence-corrected chi connectivity index (χ4v) is 5.43. The molecule has 1 aliphatic heterocycles. The lowest BCUT2D eigenvalue weighted by Gasteiger charge is -2.31. The van der Waals surface area contributed by atoms with Crippen molar-refractivity contribution in [1.29, 1.82) is 0 Å². The molecule has 5 rings (SSSR count). The Bertz CT molecular complexity index is 1250. The highest BCUT2D eigenvalue weighted by molar-refractivity contribution is 7.17. The summed E-state index contributed by atoms with van der Waals surface area (Å²) in [5.74, 6) is 1.09. The lowest BCUT2D eigenvalue weighted by molar-refractivity contribution is -0.117. The van der Waals surface area contributed by atoms with E-state index in [9.17, 15) is 9.59 Å². The number of nitrogens with zero attached hydrogens (tertiary/aromatic N) is 3. The molecule has 1 aliphatic carbocycles. The van der Waals surface area contributed by atoms with E-state index in [0.29, 0.717) is 34.1 Å². The van der Waals surface area contributed by atoms with Crippen LogP contribution in [0.2, 0.25) is 5.02 Å². The van der Waals surface area contributed by atoms with Crippen molar-refractivity contribution in [1.82, 2.24) is 20.2 Å². The van der Waals surface area contributed by atoms with Gasteiger partial charge in [0, 0.05) is 36.3 Å². The molecule has 10 heteroatoms. The first-order chi connectivity index (χ1) is 18.0. The monoisotopic (exact) mass is 539 g/mol. The molecule has 0 radical (unpaired) electrons. The van der Waals surface area contributed by atoms with Crippen LogP contribution < -0.4 is 15.4 Å². The van der Waals surface area contributed by atoms with Crippen molar-refractivity contribution in [3.63, 3.8) is 0 Å². The summed E-state index contributed by atoms with van der Waals surface area (Å²) in [6.07, 6.45) is 5.53. The number of likely N-dealkylation sites (tertiary alicyclic amines) is 1. The van der Waals surface area contributed by atoms with Gasteiger partial charge in [-0.2, -0.15) is 0 Å². The molecule has 1 saturated heterocycles. The van der Waals surface area contributed by atoms with Gasteiger partial charge in [-0.25, -0.2) is 9.97 Å². The Hall–Kier alpha value is -3.01. The third-order valence-corrected chi connectivity index (χ3v) is 8.05. The molecule has 1 saturated carbocycles. The van der Waals surface area contributed by atoms with Crippen LogP contribution in [0, 0.1) is 11.8 Å². The normalized spacial score (nSPS) is 16.4. The van der Waals surface area contributed by atoms with Gasteiger partial charge in [-0.3, -0.25) is 14.5 Å². The average molecular weight is 540 g/mol. The zero-order valence-corrected chi connectivity index (χ0v) is 22.3. The molecule has 0 spiro atoms. The standard InChI is InChI=1S/C27H30ClN5O3S/c1-29-25(35)23-26(32-27(37-23)20-8-11-30-22(14-20)31-24(34)19-4-5-19)36-16-18-9-12-33(13-10-18)15-17-2-6-21(28)7-3-17/h2-3,6-8,11,14,18-19H,4-5,9-10,12-13,15-16H2,1H3,(H,29,35)(H,30,31,34). The lowest BCUT2D eigenvalue weighted by Crippen LogP contribution is -2.35. The third-order valence-electron chi connectivity index (χ3n) is 6.72. The van der Waals surface area contributed by atoms with Crippen molar-refractivity contribution < 1.29 is 14.3 Å². The highest BCUT2D eigenvalue weighted by atomic mass is 35.5. The van der Waals surface area contributed by atoms with Crippen LogP contribution in [0.15, 0.2) is 42.6 Å². The number of amides is 2. The second kappa shape index (κ2) is 11.6. The zero-order chi connectivity index (χ0) is 25.8. The van der Waals surface area contributed by atoms with Crippen molar-refractivity contribution in [2.75, 3.05) is 32.1 Å². The summed E-state index contributed by atoms with van der Waals surface area (Å²) in [6, 6.07) is 11.6. The first-order valence-electron chi connectivity index (χ1n) is 12.6. The van der Waals surface area contributed by atoms with Gasteiger partial charge >= 0.3 is 0 Å². The van der Waals surface area contributed by atoms with E-state index in [1.54, 1.807) is 19.3 Å². The van der Waals surface area contributed by atoms with Crippen molar-refractivity contribution in [3.8, 4) is 16.5 Å². The number of halogens is 1. The van der Waals surface area contributed by atoms with Crippen LogP contribution in [0.4, 0.5) is 5.82 Å². The minimum atomic E-state index is -0.229. The van der Waals surface area contributed by atoms with E-state index in [2.05, 4.69) is 37.6 Å². The zero-order valence-electron chi connectivity index (χ0n) is 20.7. The summed E-state index contributed by atoms with van der Waals surface area (Å²) in [5.41, 5.74) is 2.04. The van der Waals surface area contributed by atoms with Crippen molar-refractivity contribution in [2.24, 2.45) is 11.8 Å². The Morgan fingerprint density at radius 3 is 2.59 bits per heavy atom. The number of piperidine rings is 1. The van der Waals surface area contributed by atoms with Crippen molar-refractivity contribution >= 4 is 40.6 Å². The number of aromatic nitrogens is 2.